The zero-order chi connectivity index (χ0) is 36.3. The molecule has 0 N–H and O–H groups in total. The molecule has 0 radical (unpaired) electrons. The van der Waals surface area contributed by atoms with Crippen LogP contribution in [0.2, 0.25) is 0 Å². The third-order valence-corrected chi connectivity index (χ3v) is 13.2. The highest BCUT2D eigenvalue weighted by Gasteiger charge is 2.17. The molecule has 0 bridgehead atoms. The van der Waals surface area contributed by atoms with E-state index in [0.29, 0.717) is 0 Å². The topological polar surface area (TPSA) is 3.24 Å². The van der Waals surface area contributed by atoms with Crippen molar-refractivity contribution in [2.75, 3.05) is 4.90 Å². The maximum Gasteiger partial charge on any atom is 0.0467 e. The Kier molecular flexibility index (Phi) is 7.61. The molecule has 258 valence electrons. The molecule has 11 aromatic rings. The Bertz CT molecular complexity index is 3200. The van der Waals surface area contributed by atoms with Gasteiger partial charge in [0.05, 0.1) is 0 Å². The minimum Gasteiger partial charge on any atom is -0.310 e. The lowest BCUT2D eigenvalue weighted by molar-refractivity contribution is 1.28. The highest BCUT2D eigenvalue weighted by Crippen LogP contribution is 2.44. The van der Waals surface area contributed by atoms with E-state index in [9.17, 15) is 0 Å². The molecule has 0 aliphatic carbocycles. The first-order valence-corrected chi connectivity index (χ1v) is 20.3. The fourth-order valence-corrected chi connectivity index (χ4v) is 10.7. The van der Waals surface area contributed by atoms with Crippen LogP contribution in [0, 0.1) is 0 Å². The minimum atomic E-state index is 1.11. The Labute approximate surface area is 327 Å². The van der Waals surface area contributed by atoms with E-state index in [2.05, 4.69) is 205 Å². The van der Waals surface area contributed by atoms with E-state index >= 15 is 0 Å². The van der Waals surface area contributed by atoms with Gasteiger partial charge in [-0.1, -0.05) is 146 Å². The third-order valence-electron chi connectivity index (χ3n) is 10.9. The summed E-state index contributed by atoms with van der Waals surface area (Å²) < 4.78 is 5.29. The molecule has 0 unspecified atom stereocenters. The maximum atomic E-state index is 2.39. The lowest BCUT2D eigenvalue weighted by atomic mass is 9.97. The third kappa shape index (κ3) is 5.43. The van der Waals surface area contributed by atoms with Crippen molar-refractivity contribution in [2.45, 2.75) is 0 Å². The SMILES string of the molecule is c1cc(-c2cccc3c2sc2ccccc23)cc(N(c2ccc(-c3cccc4ccccc34)cc2)c2ccc(-c3cccc4sc5ccccc5c34)cc2)c1. The predicted molar refractivity (Wildman–Crippen MR) is 241 cm³/mol. The van der Waals surface area contributed by atoms with E-state index in [4.69, 9.17) is 0 Å². The first-order chi connectivity index (χ1) is 27.3. The van der Waals surface area contributed by atoms with E-state index in [1.165, 1.54) is 84.5 Å². The molecule has 3 heteroatoms. The Morgan fingerprint density at radius 3 is 1.65 bits per heavy atom. The monoisotopic (exact) mass is 735 g/mol. The lowest BCUT2D eigenvalue weighted by Gasteiger charge is -2.26. The van der Waals surface area contributed by atoms with Gasteiger partial charge in [-0.25, -0.2) is 0 Å². The molecule has 0 saturated heterocycles. The number of hydrogen-bond donors (Lipinski definition) is 0. The second-order valence-corrected chi connectivity index (χ2v) is 16.2. The van der Waals surface area contributed by atoms with Crippen molar-refractivity contribution >= 4 is 90.9 Å². The van der Waals surface area contributed by atoms with Crippen molar-refractivity contribution in [2.24, 2.45) is 0 Å². The van der Waals surface area contributed by atoms with Crippen LogP contribution < -0.4 is 4.90 Å². The molecule has 9 aromatic carbocycles. The number of rotatable bonds is 6. The van der Waals surface area contributed by atoms with Gasteiger partial charge in [0.1, 0.15) is 0 Å². The smallest absolute Gasteiger partial charge is 0.0467 e. The van der Waals surface area contributed by atoms with Crippen LogP contribution in [0.1, 0.15) is 0 Å². The second-order valence-electron chi connectivity index (χ2n) is 14.1. The highest BCUT2D eigenvalue weighted by atomic mass is 32.1. The fourth-order valence-electron chi connectivity index (χ4n) is 8.31. The number of hydrogen-bond acceptors (Lipinski definition) is 3. The maximum absolute atomic E-state index is 2.39. The van der Waals surface area contributed by atoms with Crippen molar-refractivity contribution in [1.29, 1.82) is 0 Å². The van der Waals surface area contributed by atoms with Crippen molar-refractivity contribution in [3.63, 3.8) is 0 Å². The summed E-state index contributed by atoms with van der Waals surface area (Å²) in [6.45, 7) is 0. The van der Waals surface area contributed by atoms with E-state index in [1.807, 2.05) is 22.7 Å². The zero-order valence-corrected chi connectivity index (χ0v) is 31.4. The molecule has 0 aliphatic rings. The summed E-state index contributed by atoms with van der Waals surface area (Å²) in [7, 11) is 0. The van der Waals surface area contributed by atoms with Gasteiger partial charge in [-0.3, -0.25) is 0 Å². The number of benzene rings is 9. The van der Waals surface area contributed by atoms with Crippen LogP contribution in [0.25, 0.3) is 84.5 Å². The van der Waals surface area contributed by atoms with Gasteiger partial charge in [0, 0.05) is 57.4 Å². The van der Waals surface area contributed by atoms with Crippen molar-refractivity contribution in [3.05, 3.63) is 200 Å². The largest absolute Gasteiger partial charge is 0.310 e. The average Bonchev–Trinajstić information content (AvgIpc) is 3.83. The van der Waals surface area contributed by atoms with Gasteiger partial charge >= 0.3 is 0 Å². The lowest BCUT2D eigenvalue weighted by Crippen LogP contribution is -2.10. The molecule has 0 spiro atoms. The molecular weight excluding hydrogens is 703 g/mol. The van der Waals surface area contributed by atoms with Crippen molar-refractivity contribution < 1.29 is 0 Å². The van der Waals surface area contributed by atoms with Gasteiger partial charge in [-0.15, -0.1) is 22.7 Å². The van der Waals surface area contributed by atoms with Crippen LogP contribution in [-0.4, -0.2) is 0 Å². The first kappa shape index (κ1) is 32.0. The molecule has 11 rings (SSSR count). The molecule has 0 amide bonds. The number of thiophene rings is 2. The molecule has 2 heterocycles. The van der Waals surface area contributed by atoms with Gasteiger partial charge in [0.2, 0.25) is 0 Å². The summed E-state index contributed by atoms with van der Waals surface area (Å²) in [5, 5.41) is 7.80. The quantitative estimate of drug-likeness (QED) is 0.164. The minimum absolute atomic E-state index is 1.11. The second kappa shape index (κ2) is 13.1. The van der Waals surface area contributed by atoms with Crippen LogP contribution >= 0.6 is 22.7 Å². The molecule has 0 fully saturated rings. The Morgan fingerprint density at radius 2 is 0.855 bits per heavy atom. The standard InChI is InChI=1S/C52H33NS2/c1-2-15-41-34(11-1)12-8-18-42(41)35-25-29-38(30-26-35)53(39-31-27-36(28-32-39)43-19-10-24-50-51(43)47-17-4-6-23-49(47)54-50)40-14-7-13-37(33-40)44-20-9-21-46-45-16-3-5-22-48(45)55-52(44)46/h1-33H. The van der Waals surface area contributed by atoms with Crippen LogP contribution in [0.3, 0.4) is 0 Å². The van der Waals surface area contributed by atoms with Crippen LogP contribution in [0.4, 0.5) is 17.1 Å². The van der Waals surface area contributed by atoms with E-state index in [-0.39, 0.29) is 0 Å². The van der Waals surface area contributed by atoms with E-state index < -0.39 is 0 Å². The van der Waals surface area contributed by atoms with Gasteiger partial charge in [-0.2, -0.15) is 0 Å². The molecule has 0 saturated carbocycles. The summed E-state index contributed by atoms with van der Waals surface area (Å²) >= 11 is 3.75. The molecule has 55 heavy (non-hydrogen) atoms. The van der Waals surface area contributed by atoms with Gasteiger partial charge in [0.15, 0.2) is 0 Å². The summed E-state index contributed by atoms with van der Waals surface area (Å²) in [5.74, 6) is 0. The summed E-state index contributed by atoms with van der Waals surface area (Å²) in [6, 6.07) is 73.4. The molecule has 0 atom stereocenters. The van der Waals surface area contributed by atoms with Gasteiger partial charge in [0.25, 0.3) is 0 Å². The normalized spacial score (nSPS) is 11.6. The Morgan fingerprint density at radius 1 is 0.309 bits per heavy atom. The van der Waals surface area contributed by atoms with Crippen molar-refractivity contribution in [3.8, 4) is 33.4 Å². The average molecular weight is 736 g/mol. The van der Waals surface area contributed by atoms with E-state index in [0.717, 1.165) is 17.1 Å². The van der Waals surface area contributed by atoms with Crippen LogP contribution in [-0.2, 0) is 0 Å². The van der Waals surface area contributed by atoms with Gasteiger partial charge in [-0.05, 0) is 98.8 Å². The Hall–Kier alpha value is -6.52. The number of anilines is 3. The number of nitrogens with zero attached hydrogens (tertiary/aromatic N) is 1. The van der Waals surface area contributed by atoms with E-state index in [1.54, 1.807) is 0 Å². The number of fused-ring (bicyclic) bond motifs is 7. The molecular formula is C52H33NS2. The molecule has 2 aromatic heterocycles. The van der Waals surface area contributed by atoms with Crippen LogP contribution in [0.5, 0.6) is 0 Å². The molecule has 0 aliphatic heterocycles. The van der Waals surface area contributed by atoms with Gasteiger partial charge < -0.3 is 4.90 Å². The summed E-state index contributed by atoms with van der Waals surface area (Å²) in [6.07, 6.45) is 0. The molecule has 1 nitrogen and oxygen atoms in total. The zero-order valence-electron chi connectivity index (χ0n) is 29.8. The highest BCUT2D eigenvalue weighted by molar-refractivity contribution is 7.26. The van der Waals surface area contributed by atoms with Crippen LogP contribution in [0.15, 0.2) is 200 Å². The fraction of sp³-hybridized carbons (Fsp3) is 0. The van der Waals surface area contributed by atoms with Crippen molar-refractivity contribution in [1.82, 2.24) is 0 Å². The summed E-state index contributed by atoms with van der Waals surface area (Å²) in [5.41, 5.74) is 10.7. The first-order valence-electron chi connectivity index (χ1n) is 18.7. The Balaban J connectivity index is 1.05. The summed E-state index contributed by atoms with van der Waals surface area (Å²) in [4.78, 5) is 2.39. The predicted octanol–water partition coefficient (Wildman–Crippen LogP) is 16.0.